The third kappa shape index (κ3) is 3.96. The summed E-state index contributed by atoms with van der Waals surface area (Å²) in [6.07, 6.45) is 0. The van der Waals surface area contributed by atoms with Crippen molar-refractivity contribution in [2.75, 3.05) is 13.2 Å². The number of aromatic nitrogens is 1. The van der Waals surface area contributed by atoms with Crippen LogP contribution >= 0.6 is 0 Å². The summed E-state index contributed by atoms with van der Waals surface area (Å²) in [7, 11) is 0. The fourth-order valence-electron chi connectivity index (χ4n) is 5.76. The molecule has 0 aliphatic carbocycles. The number of likely N-dealkylation sites (tertiary alicyclic amines) is 1. The second-order valence-electron chi connectivity index (χ2n) is 9.16. The maximum atomic E-state index is 14.6. The van der Waals surface area contributed by atoms with Gasteiger partial charge in [-0.15, -0.1) is 0 Å². The van der Waals surface area contributed by atoms with E-state index in [9.17, 15) is 23.5 Å². The minimum Gasteiger partial charge on any atom is -0.396 e. The fraction of sp³-hybridized carbons (Fsp3) is 0.333. The van der Waals surface area contributed by atoms with Crippen molar-refractivity contribution in [2.24, 2.45) is 11.8 Å². The summed E-state index contributed by atoms with van der Waals surface area (Å²) in [4.78, 5) is 28.4. The van der Waals surface area contributed by atoms with Crippen molar-refractivity contribution in [3.05, 3.63) is 93.9 Å². The van der Waals surface area contributed by atoms with Gasteiger partial charge in [0.05, 0.1) is 12.1 Å². The Morgan fingerprint density at radius 2 is 1.89 bits per heavy atom. The molecule has 5 rings (SSSR count). The number of rotatable bonds is 6. The summed E-state index contributed by atoms with van der Waals surface area (Å²) < 4.78 is 30.3. The molecule has 2 aromatic carbocycles. The van der Waals surface area contributed by atoms with Crippen LogP contribution in [0.2, 0.25) is 0 Å². The predicted molar refractivity (Wildman–Crippen MR) is 127 cm³/mol. The molecule has 1 saturated heterocycles. The second kappa shape index (κ2) is 9.36. The van der Waals surface area contributed by atoms with Crippen molar-refractivity contribution in [1.82, 2.24) is 14.8 Å². The van der Waals surface area contributed by atoms with Gasteiger partial charge in [-0.25, -0.2) is 8.78 Å². The number of aliphatic hydroxyl groups excluding tert-OH is 1. The highest BCUT2D eigenvalue weighted by Crippen LogP contribution is 2.50. The Balaban J connectivity index is 1.61. The number of amides is 1. The van der Waals surface area contributed by atoms with Gasteiger partial charge in [-0.05, 0) is 42.8 Å². The van der Waals surface area contributed by atoms with Gasteiger partial charge in [0.25, 0.3) is 5.56 Å². The number of aliphatic hydroxyl groups is 1. The van der Waals surface area contributed by atoms with Crippen LogP contribution in [0.4, 0.5) is 8.78 Å². The normalized spacial score (nSPS) is 23.2. The highest BCUT2D eigenvalue weighted by molar-refractivity contribution is 5.82. The van der Waals surface area contributed by atoms with E-state index < -0.39 is 29.6 Å². The quantitative estimate of drug-likeness (QED) is 0.570. The van der Waals surface area contributed by atoms with E-state index in [1.54, 1.807) is 17.6 Å². The van der Waals surface area contributed by atoms with Gasteiger partial charge in [0.15, 0.2) is 0 Å². The van der Waals surface area contributed by atoms with Gasteiger partial charge in [0.2, 0.25) is 5.91 Å². The number of hydrogen-bond acceptors (Lipinski definition) is 4. The molecule has 0 radical (unpaired) electrons. The van der Waals surface area contributed by atoms with Gasteiger partial charge in [0.1, 0.15) is 11.6 Å². The zero-order valence-corrected chi connectivity index (χ0v) is 19.3. The molecule has 3 aromatic rings. The molecular formula is C27H27F2N3O3. The third-order valence-electron chi connectivity index (χ3n) is 7.26. The Morgan fingerprint density at radius 1 is 1.11 bits per heavy atom. The Bertz CT molecular complexity index is 1310. The van der Waals surface area contributed by atoms with Gasteiger partial charge >= 0.3 is 0 Å². The molecule has 6 nitrogen and oxygen atoms in total. The van der Waals surface area contributed by atoms with Crippen LogP contribution in [0.15, 0.2) is 65.5 Å². The molecule has 0 unspecified atom stereocenters. The fourth-order valence-corrected chi connectivity index (χ4v) is 5.76. The smallest absolute Gasteiger partial charge is 0.258 e. The SMILES string of the molecule is CCNC(=O)[C@@H]1[C@@H](CO)[C@@H]2Cn3c(ccc(-c4ccccc4)c3=O)[C@@H]2N1Cc1cc(F)ccc1F. The molecule has 2 aliphatic rings. The first-order valence-electron chi connectivity index (χ1n) is 11.8. The number of pyridine rings is 1. The van der Waals surface area contributed by atoms with Crippen LogP contribution in [0, 0.1) is 23.5 Å². The lowest BCUT2D eigenvalue weighted by Crippen LogP contribution is -2.48. The van der Waals surface area contributed by atoms with Crippen molar-refractivity contribution in [3.63, 3.8) is 0 Å². The maximum absolute atomic E-state index is 14.6. The first-order valence-corrected chi connectivity index (χ1v) is 11.8. The highest BCUT2D eigenvalue weighted by Gasteiger charge is 2.55. The van der Waals surface area contributed by atoms with Crippen molar-refractivity contribution >= 4 is 5.91 Å². The van der Waals surface area contributed by atoms with E-state index in [0.29, 0.717) is 24.3 Å². The van der Waals surface area contributed by atoms with Crippen molar-refractivity contribution < 1.29 is 18.7 Å². The molecule has 3 heterocycles. The molecule has 4 atom stereocenters. The van der Waals surface area contributed by atoms with Gasteiger partial charge in [-0.2, -0.15) is 0 Å². The molecule has 2 aliphatic heterocycles. The summed E-state index contributed by atoms with van der Waals surface area (Å²) in [6, 6.07) is 15.1. The van der Waals surface area contributed by atoms with Gasteiger partial charge in [0, 0.05) is 54.9 Å². The molecule has 182 valence electrons. The van der Waals surface area contributed by atoms with E-state index in [-0.39, 0.29) is 36.1 Å². The zero-order chi connectivity index (χ0) is 24.7. The summed E-state index contributed by atoms with van der Waals surface area (Å²) in [6.45, 7) is 2.25. The molecular weight excluding hydrogens is 452 g/mol. The lowest BCUT2D eigenvalue weighted by molar-refractivity contribution is -0.127. The number of likely N-dealkylation sites (N-methyl/N-ethyl adjacent to an activating group) is 1. The lowest BCUT2D eigenvalue weighted by atomic mass is 9.88. The monoisotopic (exact) mass is 479 g/mol. The standard InChI is InChI=1S/C27H27F2N3O3/c1-2-30-26(34)25-21(15-33)20-14-31-23(11-9-19(27(31)35)16-6-4-3-5-7-16)24(20)32(25)13-17-12-18(28)8-10-22(17)29/h3-12,20-21,24-25,33H,2,13-15H2,1H3,(H,30,34)/t20-,21-,24+,25-/m0/s1. The van der Waals surface area contributed by atoms with Crippen molar-refractivity contribution in [2.45, 2.75) is 32.1 Å². The van der Waals surface area contributed by atoms with E-state index >= 15 is 0 Å². The molecule has 1 fully saturated rings. The molecule has 35 heavy (non-hydrogen) atoms. The number of hydrogen-bond donors (Lipinski definition) is 2. The second-order valence-corrected chi connectivity index (χ2v) is 9.16. The zero-order valence-electron chi connectivity index (χ0n) is 19.3. The number of nitrogens with one attached hydrogen (secondary N) is 1. The van der Waals surface area contributed by atoms with Crippen LogP contribution in [0.5, 0.6) is 0 Å². The number of carbonyl (C=O) groups excluding carboxylic acids is 1. The molecule has 1 aromatic heterocycles. The molecule has 2 N–H and O–H groups in total. The van der Waals surface area contributed by atoms with E-state index in [1.807, 2.05) is 41.3 Å². The maximum Gasteiger partial charge on any atom is 0.258 e. The summed E-state index contributed by atoms with van der Waals surface area (Å²) in [5, 5.41) is 13.2. The first kappa shape index (κ1) is 23.4. The minimum atomic E-state index is -0.740. The van der Waals surface area contributed by atoms with Crippen LogP contribution in [-0.2, 0) is 17.9 Å². The predicted octanol–water partition coefficient (Wildman–Crippen LogP) is 3.09. The van der Waals surface area contributed by atoms with Crippen LogP contribution < -0.4 is 10.9 Å². The van der Waals surface area contributed by atoms with Crippen LogP contribution in [-0.4, -0.2) is 39.7 Å². The average Bonchev–Trinajstić information content (AvgIpc) is 3.38. The first-order chi connectivity index (χ1) is 16.9. The van der Waals surface area contributed by atoms with E-state index in [0.717, 1.165) is 23.8 Å². The molecule has 0 saturated carbocycles. The lowest BCUT2D eigenvalue weighted by Gasteiger charge is -2.31. The summed E-state index contributed by atoms with van der Waals surface area (Å²) in [5.41, 5.74) is 2.06. The topological polar surface area (TPSA) is 74.6 Å². The Kier molecular flexibility index (Phi) is 6.25. The number of benzene rings is 2. The van der Waals surface area contributed by atoms with Crippen molar-refractivity contribution in [3.8, 4) is 11.1 Å². The van der Waals surface area contributed by atoms with Gasteiger partial charge in [-0.1, -0.05) is 30.3 Å². The largest absolute Gasteiger partial charge is 0.396 e. The Hall–Kier alpha value is -3.36. The highest BCUT2D eigenvalue weighted by atomic mass is 19.1. The van der Waals surface area contributed by atoms with Gasteiger partial charge in [-0.3, -0.25) is 14.5 Å². The molecule has 8 heteroatoms. The third-order valence-corrected chi connectivity index (χ3v) is 7.26. The molecule has 0 bridgehead atoms. The van der Waals surface area contributed by atoms with Crippen LogP contribution in [0.1, 0.15) is 24.2 Å². The number of nitrogens with zero attached hydrogens (tertiary/aromatic N) is 2. The summed E-state index contributed by atoms with van der Waals surface area (Å²) in [5.74, 6) is -2.11. The van der Waals surface area contributed by atoms with E-state index in [4.69, 9.17) is 0 Å². The van der Waals surface area contributed by atoms with E-state index in [2.05, 4.69) is 5.32 Å². The number of carbonyl (C=O) groups is 1. The average molecular weight is 480 g/mol. The van der Waals surface area contributed by atoms with Crippen molar-refractivity contribution in [1.29, 1.82) is 0 Å². The Labute approximate surface area is 201 Å². The number of halogens is 2. The molecule has 0 spiro atoms. The van der Waals surface area contributed by atoms with E-state index in [1.165, 1.54) is 0 Å². The minimum absolute atomic E-state index is 0.0301. The van der Waals surface area contributed by atoms with Crippen LogP contribution in [0.25, 0.3) is 11.1 Å². The van der Waals surface area contributed by atoms with Crippen LogP contribution in [0.3, 0.4) is 0 Å². The Morgan fingerprint density at radius 3 is 2.60 bits per heavy atom. The number of fused-ring (bicyclic) bond motifs is 3. The van der Waals surface area contributed by atoms with Gasteiger partial charge < -0.3 is 15.0 Å². The molecule has 1 amide bonds. The summed E-state index contributed by atoms with van der Waals surface area (Å²) >= 11 is 0.